The molecule has 0 amide bonds. The first-order valence-corrected chi connectivity index (χ1v) is 5.56. The van der Waals surface area contributed by atoms with Gasteiger partial charge in [-0.15, -0.1) is 12.2 Å². The number of aliphatic carboxylic acids is 1. The van der Waals surface area contributed by atoms with Gasteiger partial charge in [0.15, 0.2) is 0 Å². The van der Waals surface area contributed by atoms with Crippen LogP contribution in [-0.4, -0.2) is 16.9 Å². The molecule has 0 atom stereocenters. The number of carboxylic acid groups (broad SMARTS) is 1. The Morgan fingerprint density at radius 1 is 1.21 bits per heavy atom. The molecular weight excluding hydrogens is 284 g/mol. The van der Waals surface area contributed by atoms with Crippen molar-refractivity contribution in [1.29, 1.82) is 0 Å². The van der Waals surface area contributed by atoms with Gasteiger partial charge < -0.3 is 9.90 Å². The Kier molecular flexibility index (Phi) is 8.51. The summed E-state index contributed by atoms with van der Waals surface area (Å²) in [5.74, 6) is -0.812. The number of carbonyl (C=O) groups is 2. The molecule has 0 aromatic heterocycles. The fraction of sp³-hybridized carbons (Fsp3) is 0.200. The molecule has 0 unspecified atom stereocenters. The van der Waals surface area contributed by atoms with E-state index in [9.17, 15) is 9.59 Å². The monoisotopic (exact) mass is 298 g/mol. The van der Waals surface area contributed by atoms with Crippen molar-refractivity contribution in [2.45, 2.75) is 19.8 Å². The Labute approximate surface area is 123 Å². The Morgan fingerprint density at radius 3 is 2.21 bits per heavy atom. The van der Waals surface area contributed by atoms with E-state index in [-0.39, 0.29) is 22.9 Å². The Balaban J connectivity index is 0.000000331. The minimum Gasteiger partial charge on any atom is -0.479 e. The minimum absolute atomic E-state index is 0. The molecule has 2 aliphatic carbocycles. The average Bonchev–Trinajstić information content (AvgIpc) is 3.00. The quantitative estimate of drug-likeness (QED) is 0.495. The Hall–Kier alpha value is -1.64. The molecule has 100 valence electrons. The summed E-state index contributed by atoms with van der Waals surface area (Å²) in [5.41, 5.74) is 1.58. The molecule has 0 bridgehead atoms. The average molecular weight is 298 g/mol. The number of hydrogen-bond acceptors (Lipinski definition) is 2. The number of carbonyl (C=O) groups excluding carboxylic acids is 1. The molecule has 19 heavy (non-hydrogen) atoms. The normalized spacial score (nSPS) is 15.4. The van der Waals surface area contributed by atoms with Gasteiger partial charge in [-0.2, -0.15) is 41.5 Å². The number of Topliss-reactive ketones (excluding diaryl/α,β-unsaturated/α-hetero) is 1. The number of rotatable bonds is 3. The van der Waals surface area contributed by atoms with Gasteiger partial charge in [-0.05, 0) is 13.0 Å². The van der Waals surface area contributed by atoms with E-state index in [1.807, 2.05) is 24.3 Å². The molecule has 0 saturated carbocycles. The number of carboxylic acids is 1. The van der Waals surface area contributed by atoms with Crippen molar-refractivity contribution in [3.63, 3.8) is 0 Å². The topological polar surface area (TPSA) is 54.4 Å². The zero-order chi connectivity index (χ0) is 13.4. The summed E-state index contributed by atoms with van der Waals surface area (Å²) < 4.78 is 0. The fourth-order valence-electron chi connectivity index (χ4n) is 1.34. The summed E-state index contributed by atoms with van der Waals surface area (Å²) in [5, 5.41) is 8.22. The third-order valence-corrected chi connectivity index (χ3v) is 2.20. The van der Waals surface area contributed by atoms with E-state index in [2.05, 4.69) is 12.2 Å². The largest absolute Gasteiger partial charge is 2.00 e. The predicted octanol–water partition coefficient (Wildman–Crippen LogP) is 2.58. The summed E-state index contributed by atoms with van der Waals surface area (Å²) in [6, 6.07) is 0. The van der Waals surface area contributed by atoms with Crippen LogP contribution >= 0.6 is 0 Å². The molecule has 1 N–H and O–H groups in total. The Morgan fingerprint density at radius 2 is 1.84 bits per heavy atom. The molecule has 0 saturated heterocycles. The third-order valence-electron chi connectivity index (χ3n) is 2.20. The molecule has 0 heterocycles. The Bertz CT molecular complexity index is 480. The first kappa shape index (κ1) is 17.4. The second kappa shape index (κ2) is 9.31. The summed E-state index contributed by atoms with van der Waals surface area (Å²) in [6.07, 6.45) is 17.6. The maximum atomic E-state index is 10.5. The van der Waals surface area contributed by atoms with Crippen LogP contribution in [0, 0.1) is 12.2 Å². The van der Waals surface area contributed by atoms with Gasteiger partial charge in [0, 0.05) is 5.78 Å². The van der Waals surface area contributed by atoms with E-state index < -0.39 is 5.97 Å². The minimum atomic E-state index is -0.922. The van der Waals surface area contributed by atoms with Crippen molar-refractivity contribution in [1.82, 2.24) is 0 Å². The molecule has 3 nitrogen and oxygen atoms in total. The molecular formula is C15H14FeO3. The summed E-state index contributed by atoms with van der Waals surface area (Å²) in [4.78, 5) is 20.5. The van der Waals surface area contributed by atoms with Crippen molar-refractivity contribution in [2.75, 3.05) is 0 Å². The molecule has 0 aromatic rings. The van der Waals surface area contributed by atoms with E-state index in [4.69, 9.17) is 5.11 Å². The van der Waals surface area contributed by atoms with E-state index in [1.165, 1.54) is 6.08 Å². The van der Waals surface area contributed by atoms with Crippen LogP contribution in [0.5, 0.6) is 0 Å². The van der Waals surface area contributed by atoms with Crippen molar-refractivity contribution in [3.8, 4) is 0 Å². The molecule has 2 aliphatic rings. The molecule has 0 aromatic carbocycles. The van der Waals surface area contributed by atoms with Crippen molar-refractivity contribution >= 4 is 11.8 Å². The van der Waals surface area contributed by atoms with Gasteiger partial charge >= 0.3 is 23.0 Å². The maximum absolute atomic E-state index is 10.5. The maximum Gasteiger partial charge on any atom is 2.00 e. The van der Waals surface area contributed by atoms with Crippen LogP contribution in [0.4, 0.5) is 0 Å². The van der Waals surface area contributed by atoms with E-state index in [1.54, 1.807) is 6.92 Å². The van der Waals surface area contributed by atoms with E-state index in [0.717, 1.165) is 30.1 Å². The van der Waals surface area contributed by atoms with Gasteiger partial charge in [0.2, 0.25) is 0 Å². The molecule has 0 fully saturated rings. The first-order chi connectivity index (χ1) is 8.59. The van der Waals surface area contributed by atoms with Crippen molar-refractivity contribution in [3.05, 3.63) is 59.8 Å². The third kappa shape index (κ3) is 7.39. The smallest absolute Gasteiger partial charge is 0.479 e. The van der Waals surface area contributed by atoms with Gasteiger partial charge in [0.1, 0.15) is 0 Å². The van der Waals surface area contributed by atoms with E-state index in [0.29, 0.717) is 0 Å². The summed E-state index contributed by atoms with van der Waals surface area (Å²) >= 11 is 0. The van der Waals surface area contributed by atoms with Crippen LogP contribution in [-0.2, 0) is 26.7 Å². The molecule has 0 radical (unpaired) electrons. The van der Waals surface area contributed by atoms with Gasteiger partial charge in [0.25, 0.3) is 0 Å². The SMILES string of the molecule is CC(=O)C1=[C-]CC=C1.O=C(O)C=CC1=[C-]CC=C1.[Fe+2]. The van der Waals surface area contributed by atoms with Crippen LogP contribution < -0.4 is 0 Å². The standard InChI is InChI=1S/C8H7O2.C7H7O.Fe/c9-8(10)6-5-7-3-1-2-4-7;1-6(8)7-4-2-3-5-7;/h1,3,5-6H,2H2,(H,9,10);2,4H,3H2,1H3;/q2*-1;+2. The van der Waals surface area contributed by atoms with Crippen molar-refractivity contribution in [2.24, 2.45) is 0 Å². The van der Waals surface area contributed by atoms with Gasteiger partial charge in [-0.3, -0.25) is 0 Å². The second-order valence-electron chi connectivity index (χ2n) is 3.66. The number of ketones is 1. The van der Waals surface area contributed by atoms with Crippen LogP contribution in [0.2, 0.25) is 0 Å². The molecule has 0 aliphatic heterocycles. The van der Waals surface area contributed by atoms with Crippen LogP contribution in [0.25, 0.3) is 0 Å². The van der Waals surface area contributed by atoms with Gasteiger partial charge in [-0.1, -0.05) is 12.8 Å². The van der Waals surface area contributed by atoms with Crippen LogP contribution in [0.1, 0.15) is 19.8 Å². The molecule has 4 heteroatoms. The fourth-order valence-corrected chi connectivity index (χ4v) is 1.34. The number of hydrogen-bond donors (Lipinski definition) is 1. The summed E-state index contributed by atoms with van der Waals surface area (Å²) in [6.45, 7) is 1.55. The van der Waals surface area contributed by atoms with Crippen LogP contribution in [0.15, 0.2) is 47.6 Å². The van der Waals surface area contributed by atoms with E-state index >= 15 is 0 Å². The predicted molar refractivity (Wildman–Crippen MR) is 68.5 cm³/mol. The second-order valence-corrected chi connectivity index (χ2v) is 3.66. The van der Waals surface area contributed by atoms with Crippen molar-refractivity contribution < 1.29 is 31.8 Å². The molecule has 0 spiro atoms. The zero-order valence-corrected chi connectivity index (χ0v) is 11.6. The molecule has 2 rings (SSSR count). The van der Waals surface area contributed by atoms with Gasteiger partial charge in [-0.25, -0.2) is 4.79 Å². The zero-order valence-electron chi connectivity index (χ0n) is 10.5. The van der Waals surface area contributed by atoms with Crippen LogP contribution in [0.3, 0.4) is 0 Å². The number of allylic oxidation sites excluding steroid dienone is 9. The van der Waals surface area contributed by atoms with Gasteiger partial charge in [0.05, 0.1) is 0 Å². The summed E-state index contributed by atoms with van der Waals surface area (Å²) in [7, 11) is 0. The first-order valence-electron chi connectivity index (χ1n) is 5.56.